The van der Waals surface area contributed by atoms with Crippen LogP contribution in [0.15, 0.2) is 36.4 Å². The van der Waals surface area contributed by atoms with Gasteiger partial charge in [-0.3, -0.25) is 13.9 Å². The zero-order chi connectivity index (χ0) is 29.2. The van der Waals surface area contributed by atoms with Crippen molar-refractivity contribution in [3.8, 4) is 0 Å². The molecule has 210 valence electrons. The Bertz CT molecular complexity index is 1320. The van der Waals surface area contributed by atoms with Gasteiger partial charge in [0, 0.05) is 22.1 Å². The summed E-state index contributed by atoms with van der Waals surface area (Å²) in [5.74, 6) is -1.39. The third-order valence-electron chi connectivity index (χ3n) is 5.24. The predicted molar refractivity (Wildman–Crippen MR) is 143 cm³/mol. The molecular formula is C24H27Cl3F3N3O4S. The van der Waals surface area contributed by atoms with Gasteiger partial charge in [0.1, 0.15) is 12.6 Å². The number of halogens is 6. The molecule has 1 atom stereocenters. The van der Waals surface area contributed by atoms with Crippen LogP contribution in [0.4, 0.5) is 18.9 Å². The fourth-order valence-electron chi connectivity index (χ4n) is 3.39. The van der Waals surface area contributed by atoms with Gasteiger partial charge in [-0.05, 0) is 63.6 Å². The molecule has 0 aromatic heterocycles. The van der Waals surface area contributed by atoms with E-state index in [0.717, 1.165) is 23.3 Å². The second kappa shape index (κ2) is 11.9. The molecule has 38 heavy (non-hydrogen) atoms. The van der Waals surface area contributed by atoms with Crippen molar-refractivity contribution < 1.29 is 31.2 Å². The molecule has 0 fully saturated rings. The van der Waals surface area contributed by atoms with Crippen LogP contribution in [0.2, 0.25) is 15.1 Å². The first-order valence-electron chi connectivity index (χ1n) is 11.1. The highest BCUT2D eigenvalue weighted by molar-refractivity contribution is 7.92. The zero-order valence-electron chi connectivity index (χ0n) is 21.2. The van der Waals surface area contributed by atoms with Crippen LogP contribution in [0.3, 0.4) is 0 Å². The molecule has 0 heterocycles. The zero-order valence-corrected chi connectivity index (χ0v) is 24.2. The molecule has 2 amide bonds. The molecule has 0 unspecified atom stereocenters. The lowest BCUT2D eigenvalue weighted by atomic mass is 10.1. The normalized spacial score (nSPS) is 13.1. The molecule has 0 bridgehead atoms. The molecular weight excluding hydrogens is 590 g/mol. The van der Waals surface area contributed by atoms with Crippen LogP contribution in [-0.4, -0.2) is 49.5 Å². The molecule has 0 aliphatic rings. The summed E-state index contributed by atoms with van der Waals surface area (Å²) < 4.78 is 66.0. The van der Waals surface area contributed by atoms with Crippen LogP contribution in [0, 0.1) is 0 Å². The molecule has 1 N–H and O–H groups in total. The Labute approximate surface area is 234 Å². The average Bonchev–Trinajstić information content (AvgIpc) is 2.74. The summed E-state index contributed by atoms with van der Waals surface area (Å²) in [6.45, 7) is 5.56. The van der Waals surface area contributed by atoms with Gasteiger partial charge >= 0.3 is 6.18 Å². The van der Waals surface area contributed by atoms with Crippen LogP contribution in [0.5, 0.6) is 0 Å². The van der Waals surface area contributed by atoms with E-state index >= 15 is 0 Å². The van der Waals surface area contributed by atoms with E-state index in [9.17, 15) is 31.2 Å². The van der Waals surface area contributed by atoms with E-state index in [-0.39, 0.29) is 11.6 Å². The van der Waals surface area contributed by atoms with E-state index in [1.807, 2.05) is 0 Å². The third-order valence-corrected chi connectivity index (χ3v) is 7.30. The summed E-state index contributed by atoms with van der Waals surface area (Å²) in [4.78, 5) is 27.6. The number of amides is 2. The molecule has 0 aliphatic heterocycles. The van der Waals surface area contributed by atoms with E-state index in [1.165, 1.54) is 19.1 Å². The number of benzene rings is 2. The molecule has 2 rings (SSSR count). The Kier molecular flexibility index (Phi) is 10.0. The average molecular weight is 617 g/mol. The standard InChI is InChI=1S/C24H27Cl3F3N3O4S/c1-14(22(35)31-23(2,3)4)32(12-15-6-7-16(25)10-20(15)27)21(34)13-33(38(5,36)37)17-8-9-19(26)18(11-17)24(28,29)30/h6-11,14H,12-13H2,1-5H3,(H,31,35)/t14-/m1/s1. The van der Waals surface area contributed by atoms with E-state index in [1.54, 1.807) is 26.8 Å². The number of carbonyl (C=O) groups excluding carboxylic acids is 2. The van der Waals surface area contributed by atoms with Crippen molar-refractivity contribution in [3.05, 3.63) is 62.6 Å². The molecule has 7 nitrogen and oxygen atoms in total. The number of anilines is 1. The first-order chi connectivity index (χ1) is 17.2. The Balaban J connectivity index is 2.53. The lowest BCUT2D eigenvalue weighted by Crippen LogP contribution is -2.54. The molecule has 2 aromatic rings. The summed E-state index contributed by atoms with van der Waals surface area (Å²) in [5, 5.41) is 2.65. The summed E-state index contributed by atoms with van der Waals surface area (Å²) in [7, 11) is -4.25. The van der Waals surface area contributed by atoms with Crippen LogP contribution in [0.1, 0.15) is 38.8 Å². The summed E-state index contributed by atoms with van der Waals surface area (Å²) in [5.41, 5.74) is -1.92. The molecule has 0 aliphatic carbocycles. The van der Waals surface area contributed by atoms with Crippen LogP contribution in [0.25, 0.3) is 0 Å². The Morgan fingerprint density at radius 3 is 2.11 bits per heavy atom. The highest BCUT2D eigenvalue weighted by atomic mass is 35.5. The van der Waals surface area contributed by atoms with Crippen LogP contribution in [-0.2, 0) is 32.3 Å². The van der Waals surface area contributed by atoms with Crippen molar-refractivity contribution in [2.45, 2.75) is 52.0 Å². The number of nitrogens with one attached hydrogen (secondary N) is 1. The second-order valence-electron chi connectivity index (χ2n) is 9.60. The van der Waals surface area contributed by atoms with Gasteiger partial charge < -0.3 is 10.2 Å². The molecule has 14 heteroatoms. The highest BCUT2D eigenvalue weighted by Crippen LogP contribution is 2.37. The SMILES string of the molecule is C[C@H](C(=O)NC(C)(C)C)N(Cc1ccc(Cl)cc1Cl)C(=O)CN(c1ccc(Cl)c(C(F)(F)F)c1)S(C)(=O)=O. The highest BCUT2D eigenvalue weighted by Gasteiger charge is 2.36. The Morgan fingerprint density at radius 2 is 1.61 bits per heavy atom. The van der Waals surface area contributed by atoms with Crippen molar-refractivity contribution in [2.24, 2.45) is 0 Å². The monoisotopic (exact) mass is 615 g/mol. The number of sulfonamides is 1. The second-order valence-corrected chi connectivity index (χ2v) is 12.8. The van der Waals surface area contributed by atoms with Gasteiger partial charge in [0.25, 0.3) is 0 Å². The Morgan fingerprint density at radius 1 is 1.00 bits per heavy atom. The first-order valence-corrected chi connectivity index (χ1v) is 14.1. The summed E-state index contributed by atoms with van der Waals surface area (Å²) in [6.07, 6.45) is -4.12. The quantitative estimate of drug-likeness (QED) is 0.409. The van der Waals surface area contributed by atoms with Crippen molar-refractivity contribution in [3.63, 3.8) is 0 Å². The third kappa shape index (κ3) is 8.65. The summed E-state index contributed by atoms with van der Waals surface area (Å²) in [6, 6.07) is 5.91. The lowest BCUT2D eigenvalue weighted by Gasteiger charge is -2.33. The number of hydrogen-bond donors (Lipinski definition) is 1. The molecule has 0 radical (unpaired) electrons. The number of hydrogen-bond acceptors (Lipinski definition) is 4. The van der Waals surface area contributed by atoms with Crippen molar-refractivity contribution in [2.75, 3.05) is 17.1 Å². The number of rotatable bonds is 8. The van der Waals surface area contributed by atoms with Gasteiger partial charge in [0.15, 0.2) is 0 Å². The number of nitrogens with zero attached hydrogens (tertiary/aromatic N) is 2. The van der Waals surface area contributed by atoms with Gasteiger partial charge in [-0.15, -0.1) is 0 Å². The van der Waals surface area contributed by atoms with Crippen LogP contribution < -0.4 is 9.62 Å². The molecule has 0 saturated heterocycles. The van der Waals surface area contributed by atoms with Gasteiger partial charge in [-0.25, -0.2) is 8.42 Å². The maximum absolute atomic E-state index is 13.5. The van der Waals surface area contributed by atoms with Gasteiger partial charge in [0.05, 0.1) is 22.5 Å². The largest absolute Gasteiger partial charge is 0.417 e. The van der Waals surface area contributed by atoms with Crippen molar-refractivity contribution >= 4 is 62.3 Å². The van der Waals surface area contributed by atoms with E-state index in [0.29, 0.717) is 21.0 Å². The van der Waals surface area contributed by atoms with E-state index < -0.39 is 62.4 Å². The fourth-order valence-corrected chi connectivity index (χ4v) is 4.92. The van der Waals surface area contributed by atoms with Crippen molar-refractivity contribution in [1.82, 2.24) is 10.2 Å². The maximum Gasteiger partial charge on any atom is 0.417 e. The Hall–Kier alpha value is -2.21. The lowest BCUT2D eigenvalue weighted by molar-refractivity contribution is -0.140. The first kappa shape index (κ1) is 32.0. The minimum atomic E-state index is -4.86. The molecule has 2 aromatic carbocycles. The number of alkyl halides is 3. The van der Waals surface area contributed by atoms with Gasteiger partial charge in [0.2, 0.25) is 21.8 Å². The topological polar surface area (TPSA) is 86.8 Å². The van der Waals surface area contributed by atoms with Gasteiger partial charge in [-0.2, -0.15) is 13.2 Å². The maximum atomic E-state index is 13.5. The van der Waals surface area contributed by atoms with Gasteiger partial charge in [-0.1, -0.05) is 40.9 Å². The predicted octanol–water partition coefficient (Wildman–Crippen LogP) is 5.76. The minimum Gasteiger partial charge on any atom is -0.350 e. The number of carbonyl (C=O) groups is 2. The van der Waals surface area contributed by atoms with E-state index in [4.69, 9.17) is 34.8 Å². The van der Waals surface area contributed by atoms with Crippen LogP contribution >= 0.6 is 34.8 Å². The van der Waals surface area contributed by atoms with E-state index in [2.05, 4.69) is 5.32 Å². The summed E-state index contributed by atoms with van der Waals surface area (Å²) >= 11 is 17.9. The smallest absolute Gasteiger partial charge is 0.350 e. The molecule has 0 saturated carbocycles. The fraction of sp³-hybridized carbons (Fsp3) is 0.417. The van der Waals surface area contributed by atoms with Crippen molar-refractivity contribution in [1.29, 1.82) is 0 Å². The minimum absolute atomic E-state index is 0.200. The molecule has 0 spiro atoms.